The fraction of sp³-hybridized carbons (Fsp3) is 0.941. The molecule has 1 atom stereocenters. The van der Waals surface area contributed by atoms with Crippen LogP contribution >= 0.6 is 11.8 Å². The Balaban J connectivity index is 1.69. The molecule has 0 radical (unpaired) electrons. The average Bonchev–Trinajstić information content (AvgIpc) is 3.14. The molecule has 146 valence electrons. The maximum Gasteiger partial charge on any atom is 0.191 e. The van der Waals surface area contributed by atoms with E-state index in [1.807, 2.05) is 7.05 Å². The summed E-state index contributed by atoms with van der Waals surface area (Å²) in [5.74, 6) is 3.30. The first-order valence-corrected chi connectivity index (χ1v) is 10.4. The summed E-state index contributed by atoms with van der Waals surface area (Å²) >= 11 is 2.06. The number of hydrogen-bond donors (Lipinski definition) is 2. The van der Waals surface area contributed by atoms with E-state index in [0.29, 0.717) is 13.2 Å². The van der Waals surface area contributed by atoms with Crippen molar-refractivity contribution in [3.05, 3.63) is 0 Å². The summed E-state index contributed by atoms with van der Waals surface area (Å²) in [6, 6.07) is 0. The molecule has 2 aliphatic rings. The normalized spacial score (nSPS) is 25.3. The Hall–Kier alpha value is -0.540. The molecule has 8 heteroatoms. The lowest BCUT2D eigenvalue weighted by Gasteiger charge is -2.43. The first kappa shape index (κ1) is 20.8. The number of aliphatic imine (C=N–C) groups is 1. The van der Waals surface area contributed by atoms with Crippen molar-refractivity contribution in [3.8, 4) is 0 Å². The van der Waals surface area contributed by atoms with Crippen molar-refractivity contribution < 1.29 is 14.2 Å². The van der Waals surface area contributed by atoms with Crippen LogP contribution < -0.4 is 10.6 Å². The zero-order valence-electron chi connectivity index (χ0n) is 15.7. The van der Waals surface area contributed by atoms with Gasteiger partial charge in [-0.2, -0.15) is 11.8 Å². The van der Waals surface area contributed by atoms with Gasteiger partial charge in [-0.05, 0) is 18.6 Å². The number of guanidine groups is 1. The van der Waals surface area contributed by atoms with E-state index in [9.17, 15) is 0 Å². The van der Waals surface area contributed by atoms with Crippen LogP contribution in [0.5, 0.6) is 0 Å². The molecule has 0 aromatic heterocycles. The first-order valence-electron chi connectivity index (χ1n) is 9.22. The molecule has 1 unspecified atom stereocenters. The molecule has 0 spiro atoms. The lowest BCUT2D eigenvalue weighted by Crippen LogP contribution is -2.60. The summed E-state index contributed by atoms with van der Waals surface area (Å²) in [5.41, 5.74) is 0.231. The van der Waals surface area contributed by atoms with Gasteiger partial charge in [0.1, 0.15) is 0 Å². The van der Waals surface area contributed by atoms with E-state index in [0.717, 1.165) is 58.4 Å². The molecule has 0 amide bonds. The number of nitrogens with one attached hydrogen (secondary N) is 2. The Morgan fingerprint density at radius 3 is 2.76 bits per heavy atom. The van der Waals surface area contributed by atoms with Crippen LogP contribution in [0.2, 0.25) is 0 Å². The van der Waals surface area contributed by atoms with Crippen LogP contribution in [0.15, 0.2) is 4.99 Å². The molecule has 2 fully saturated rings. The molecule has 2 heterocycles. The Morgan fingerprint density at radius 1 is 1.24 bits per heavy atom. The van der Waals surface area contributed by atoms with Gasteiger partial charge in [0.05, 0.1) is 26.4 Å². The largest absolute Gasteiger partial charge is 0.382 e. The highest BCUT2D eigenvalue weighted by atomic mass is 32.2. The Kier molecular flexibility index (Phi) is 9.93. The number of ether oxygens (including phenoxy) is 3. The molecule has 25 heavy (non-hydrogen) atoms. The van der Waals surface area contributed by atoms with E-state index >= 15 is 0 Å². The fourth-order valence-electron chi connectivity index (χ4n) is 3.23. The van der Waals surface area contributed by atoms with Gasteiger partial charge in [-0.1, -0.05) is 0 Å². The summed E-state index contributed by atoms with van der Waals surface area (Å²) in [7, 11) is 3.52. The van der Waals surface area contributed by atoms with Gasteiger partial charge in [-0.25, -0.2) is 0 Å². The lowest BCUT2D eigenvalue weighted by atomic mass is 9.95. The maximum atomic E-state index is 5.53. The minimum Gasteiger partial charge on any atom is -0.382 e. The van der Waals surface area contributed by atoms with E-state index in [4.69, 9.17) is 14.2 Å². The predicted octanol–water partition coefficient (Wildman–Crippen LogP) is 0.412. The second kappa shape index (κ2) is 12.0. The molecule has 2 saturated heterocycles. The van der Waals surface area contributed by atoms with E-state index in [1.165, 1.54) is 17.9 Å². The fourth-order valence-corrected chi connectivity index (χ4v) is 4.71. The molecule has 0 saturated carbocycles. The number of rotatable bonds is 10. The van der Waals surface area contributed by atoms with Gasteiger partial charge in [0.15, 0.2) is 5.96 Å². The average molecular weight is 375 g/mol. The smallest absolute Gasteiger partial charge is 0.191 e. The number of hydrogen-bond acceptors (Lipinski definition) is 6. The van der Waals surface area contributed by atoms with E-state index in [2.05, 4.69) is 32.3 Å². The predicted molar refractivity (Wildman–Crippen MR) is 104 cm³/mol. The third-order valence-electron chi connectivity index (χ3n) is 4.76. The van der Waals surface area contributed by atoms with Crippen LogP contribution in [0, 0.1) is 0 Å². The van der Waals surface area contributed by atoms with Gasteiger partial charge >= 0.3 is 0 Å². The minimum atomic E-state index is 0.231. The second-order valence-corrected chi connectivity index (χ2v) is 7.54. The highest BCUT2D eigenvalue weighted by Crippen LogP contribution is 2.33. The molecule has 7 nitrogen and oxygen atoms in total. The second-order valence-electron chi connectivity index (χ2n) is 6.44. The molecular weight excluding hydrogens is 340 g/mol. The number of morpholine rings is 1. The topological polar surface area (TPSA) is 67.4 Å². The van der Waals surface area contributed by atoms with Crippen LogP contribution in [0.3, 0.4) is 0 Å². The highest BCUT2D eigenvalue weighted by Gasteiger charge is 2.40. The number of methoxy groups -OCH3 is 1. The van der Waals surface area contributed by atoms with Crippen molar-refractivity contribution in [1.29, 1.82) is 0 Å². The van der Waals surface area contributed by atoms with E-state index in [-0.39, 0.29) is 5.54 Å². The number of nitrogens with zero attached hydrogens (tertiary/aromatic N) is 2. The van der Waals surface area contributed by atoms with Crippen LogP contribution in [0.4, 0.5) is 0 Å². The molecule has 0 bridgehead atoms. The SMILES string of the molecule is CN=C(NCCCOCCOC)NCC1(N2CCOCC2)CCSC1. The molecule has 0 aliphatic carbocycles. The van der Waals surface area contributed by atoms with Gasteiger partial charge in [0.2, 0.25) is 0 Å². The van der Waals surface area contributed by atoms with Crippen molar-refractivity contribution >= 4 is 17.7 Å². The summed E-state index contributed by atoms with van der Waals surface area (Å²) in [6.45, 7) is 7.60. The van der Waals surface area contributed by atoms with Crippen molar-refractivity contribution in [3.63, 3.8) is 0 Å². The Morgan fingerprint density at radius 2 is 2.08 bits per heavy atom. The van der Waals surface area contributed by atoms with Gasteiger partial charge in [-0.3, -0.25) is 9.89 Å². The van der Waals surface area contributed by atoms with Gasteiger partial charge in [-0.15, -0.1) is 0 Å². The van der Waals surface area contributed by atoms with Crippen molar-refractivity contribution in [2.45, 2.75) is 18.4 Å². The molecule has 0 aromatic carbocycles. The monoisotopic (exact) mass is 374 g/mol. The Labute approximate surface area is 156 Å². The van der Waals surface area contributed by atoms with Crippen LogP contribution in [-0.4, -0.2) is 101 Å². The zero-order valence-corrected chi connectivity index (χ0v) is 16.5. The van der Waals surface area contributed by atoms with Crippen LogP contribution in [0.1, 0.15) is 12.8 Å². The van der Waals surface area contributed by atoms with Crippen molar-refractivity contribution in [2.75, 3.05) is 84.9 Å². The zero-order chi connectivity index (χ0) is 17.8. The van der Waals surface area contributed by atoms with Crippen LogP contribution in [-0.2, 0) is 14.2 Å². The van der Waals surface area contributed by atoms with Crippen molar-refractivity contribution in [1.82, 2.24) is 15.5 Å². The molecule has 0 aromatic rings. The van der Waals surface area contributed by atoms with Gasteiger partial charge in [0, 0.05) is 58.2 Å². The summed E-state index contributed by atoms with van der Waals surface area (Å²) in [5, 5.41) is 6.93. The standard InChI is InChI=1S/C17H34N4O3S/c1-18-16(19-5-3-8-23-12-11-22-2)20-14-17(4-13-25-15-17)21-6-9-24-10-7-21/h3-15H2,1-2H3,(H2,18,19,20). The van der Waals surface area contributed by atoms with E-state index < -0.39 is 0 Å². The van der Waals surface area contributed by atoms with Crippen molar-refractivity contribution in [2.24, 2.45) is 4.99 Å². The minimum absolute atomic E-state index is 0.231. The highest BCUT2D eigenvalue weighted by molar-refractivity contribution is 7.99. The maximum absolute atomic E-state index is 5.53. The lowest BCUT2D eigenvalue weighted by molar-refractivity contribution is -0.0120. The molecule has 2 rings (SSSR count). The van der Waals surface area contributed by atoms with Gasteiger partial charge in [0.25, 0.3) is 0 Å². The first-order chi connectivity index (χ1) is 12.3. The molecule has 2 N–H and O–H groups in total. The van der Waals surface area contributed by atoms with Gasteiger partial charge < -0.3 is 24.8 Å². The summed E-state index contributed by atoms with van der Waals surface area (Å²) in [4.78, 5) is 6.97. The quantitative estimate of drug-likeness (QED) is 0.326. The van der Waals surface area contributed by atoms with E-state index in [1.54, 1.807) is 7.11 Å². The van der Waals surface area contributed by atoms with Crippen LogP contribution in [0.25, 0.3) is 0 Å². The molecule has 2 aliphatic heterocycles. The molecular formula is C17H34N4O3S. The third kappa shape index (κ3) is 6.94. The number of thioether (sulfide) groups is 1. The summed E-state index contributed by atoms with van der Waals surface area (Å²) < 4.78 is 16.0. The third-order valence-corrected chi connectivity index (χ3v) is 6.00. The summed E-state index contributed by atoms with van der Waals surface area (Å²) in [6.07, 6.45) is 2.18. The Bertz CT molecular complexity index is 386.